The molecule has 3 aromatic rings. The van der Waals surface area contributed by atoms with E-state index in [1.165, 1.54) is 5.56 Å². The first kappa shape index (κ1) is 17.7. The summed E-state index contributed by atoms with van der Waals surface area (Å²) in [6.07, 6.45) is 1.68. The molecule has 0 unspecified atom stereocenters. The van der Waals surface area contributed by atoms with Crippen LogP contribution in [0.3, 0.4) is 0 Å². The van der Waals surface area contributed by atoms with Gasteiger partial charge in [0.1, 0.15) is 5.75 Å². The van der Waals surface area contributed by atoms with Gasteiger partial charge in [-0.3, -0.25) is 0 Å². The molecule has 0 bridgehead atoms. The highest BCUT2D eigenvalue weighted by atomic mass is 16.5. The maximum atomic E-state index is 5.82. The van der Waals surface area contributed by atoms with E-state index >= 15 is 0 Å². The minimum Gasteiger partial charge on any atom is -0.489 e. The topological polar surface area (TPSA) is 72.0 Å². The standard InChI is InChI=1S/C20H23N5O/c1-13(2)26-18-8-6-5-7-16(18)23-20-24-19(12-21-25-20)22-17-11-14(3)9-10-15(17)4/h5-13H,1-4H3,(H2,22,23,24,25). The number of para-hydroxylation sites is 2. The fraction of sp³-hybridized carbons (Fsp3) is 0.250. The van der Waals surface area contributed by atoms with Crippen molar-refractivity contribution >= 4 is 23.1 Å². The molecule has 0 aliphatic rings. The smallest absolute Gasteiger partial charge is 0.249 e. The third-order valence-corrected chi connectivity index (χ3v) is 3.71. The Morgan fingerprint density at radius 3 is 2.58 bits per heavy atom. The first-order chi connectivity index (χ1) is 12.5. The first-order valence-corrected chi connectivity index (χ1v) is 8.58. The lowest BCUT2D eigenvalue weighted by Crippen LogP contribution is -2.08. The molecule has 2 N–H and O–H groups in total. The summed E-state index contributed by atoms with van der Waals surface area (Å²) in [5, 5.41) is 14.6. The molecule has 1 aromatic heterocycles. The van der Waals surface area contributed by atoms with E-state index in [1.54, 1.807) is 6.20 Å². The van der Waals surface area contributed by atoms with Crippen molar-refractivity contribution < 1.29 is 4.74 Å². The molecule has 0 atom stereocenters. The van der Waals surface area contributed by atoms with Crippen molar-refractivity contribution in [3.8, 4) is 5.75 Å². The third kappa shape index (κ3) is 4.47. The van der Waals surface area contributed by atoms with E-state index in [9.17, 15) is 0 Å². The van der Waals surface area contributed by atoms with Crippen LogP contribution in [0.4, 0.5) is 23.1 Å². The Balaban J connectivity index is 1.81. The molecule has 6 nitrogen and oxygen atoms in total. The summed E-state index contributed by atoms with van der Waals surface area (Å²) in [5.74, 6) is 1.78. The molecule has 26 heavy (non-hydrogen) atoms. The Labute approximate surface area is 153 Å². The van der Waals surface area contributed by atoms with E-state index in [-0.39, 0.29) is 6.10 Å². The number of ether oxygens (including phenoxy) is 1. The van der Waals surface area contributed by atoms with Crippen LogP contribution in [0, 0.1) is 13.8 Å². The van der Waals surface area contributed by atoms with E-state index in [0.717, 1.165) is 22.7 Å². The van der Waals surface area contributed by atoms with Gasteiger partial charge >= 0.3 is 0 Å². The molecule has 0 spiro atoms. The van der Waals surface area contributed by atoms with Crippen LogP contribution in [0.25, 0.3) is 0 Å². The Bertz CT molecular complexity index is 895. The summed E-state index contributed by atoms with van der Waals surface area (Å²) in [7, 11) is 0. The fourth-order valence-corrected chi connectivity index (χ4v) is 2.47. The second-order valence-corrected chi connectivity index (χ2v) is 6.40. The molecule has 6 heteroatoms. The van der Waals surface area contributed by atoms with Crippen molar-refractivity contribution in [2.75, 3.05) is 10.6 Å². The van der Waals surface area contributed by atoms with Gasteiger partial charge in [-0.25, -0.2) is 0 Å². The Hall–Kier alpha value is -3.15. The predicted octanol–water partition coefficient (Wildman–Crippen LogP) is 4.76. The highest BCUT2D eigenvalue weighted by Gasteiger charge is 2.08. The minimum atomic E-state index is 0.0780. The lowest BCUT2D eigenvalue weighted by atomic mass is 10.1. The largest absolute Gasteiger partial charge is 0.489 e. The first-order valence-electron chi connectivity index (χ1n) is 8.58. The molecule has 0 aliphatic heterocycles. The van der Waals surface area contributed by atoms with Gasteiger partial charge in [-0.1, -0.05) is 24.3 Å². The van der Waals surface area contributed by atoms with Crippen molar-refractivity contribution in [2.24, 2.45) is 0 Å². The molecule has 0 amide bonds. The number of benzene rings is 2. The van der Waals surface area contributed by atoms with Gasteiger partial charge < -0.3 is 15.4 Å². The SMILES string of the molecule is Cc1ccc(C)c(Nc2cnnc(Nc3ccccc3OC(C)C)n2)c1. The average molecular weight is 349 g/mol. The molecule has 0 aliphatic carbocycles. The van der Waals surface area contributed by atoms with Gasteiger partial charge in [0.25, 0.3) is 0 Å². The molecule has 3 rings (SSSR count). The van der Waals surface area contributed by atoms with Crippen LogP contribution in [0.15, 0.2) is 48.7 Å². The van der Waals surface area contributed by atoms with Crippen LogP contribution >= 0.6 is 0 Å². The van der Waals surface area contributed by atoms with Crippen molar-refractivity contribution in [2.45, 2.75) is 33.8 Å². The van der Waals surface area contributed by atoms with E-state index in [1.807, 2.05) is 38.1 Å². The number of aromatic nitrogens is 3. The summed E-state index contributed by atoms with van der Waals surface area (Å²) in [5.41, 5.74) is 4.12. The number of nitrogens with zero attached hydrogens (tertiary/aromatic N) is 3. The molecule has 0 radical (unpaired) electrons. The minimum absolute atomic E-state index is 0.0780. The van der Waals surface area contributed by atoms with Gasteiger partial charge in [-0.2, -0.15) is 10.1 Å². The van der Waals surface area contributed by atoms with Crippen LogP contribution in [0.2, 0.25) is 0 Å². The summed E-state index contributed by atoms with van der Waals surface area (Å²) in [6.45, 7) is 8.09. The summed E-state index contributed by atoms with van der Waals surface area (Å²) < 4.78 is 5.82. The van der Waals surface area contributed by atoms with Gasteiger partial charge in [0.15, 0.2) is 5.82 Å². The van der Waals surface area contributed by atoms with Crippen LogP contribution in [0.5, 0.6) is 5.75 Å². The Morgan fingerprint density at radius 2 is 1.77 bits per heavy atom. The molecule has 0 fully saturated rings. The van der Waals surface area contributed by atoms with Crippen molar-refractivity contribution in [3.63, 3.8) is 0 Å². The highest BCUT2D eigenvalue weighted by Crippen LogP contribution is 2.27. The zero-order valence-corrected chi connectivity index (χ0v) is 15.4. The quantitative estimate of drug-likeness (QED) is 0.668. The van der Waals surface area contributed by atoms with Gasteiger partial charge in [-0.15, -0.1) is 5.10 Å². The van der Waals surface area contributed by atoms with Gasteiger partial charge in [0.2, 0.25) is 5.95 Å². The van der Waals surface area contributed by atoms with Crippen LogP contribution in [-0.4, -0.2) is 21.3 Å². The average Bonchev–Trinajstić information content (AvgIpc) is 2.60. The number of aryl methyl sites for hydroxylation is 2. The lowest BCUT2D eigenvalue weighted by molar-refractivity contribution is 0.244. The van der Waals surface area contributed by atoms with E-state index in [0.29, 0.717) is 11.8 Å². The van der Waals surface area contributed by atoms with Gasteiger partial charge in [0.05, 0.1) is 18.0 Å². The van der Waals surface area contributed by atoms with Crippen LogP contribution < -0.4 is 15.4 Å². The number of hydrogen-bond donors (Lipinski definition) is 2. The highest BCUT2D eigenvalue weighted by molar-refractivity contribution is 5.64. The molecular weight excluding hydrogens is 326 g/mol. The maximum absolute atomic E-state index is 5.82. The second-order valence-electron chi connectivity index (χ2n) is 6.40. The molecule has 0 saturated heterocycles. The zero-order valence-electron chi connectivity index (χ0n) is 15.4. The van der Waals surface area contributed by atoms with Gasteiger partial charge in [-0.05, 0) is 57.0 Å². The molecule has 2 aromatic carbocycles. The van der Waals surface area contributed by atoms with E-state index in [2.05, 4.69) is 57.9 Å². The van der Waals surface area contributed by atoms with Gasteiger partial charge in [0, 0.05) is 5.69 Å². The summed E-state index contributed by atoms with van der Waals surface area (Å²) in [6, 6.07) is 13.9. The monoisotopic (exact) mass is 349 g/mol. The molecule has 134 valence electrons. The van der Waals surface area contributed by atoms with Crippen molar-refractivity contribution in [1.82, 2.24) is 15.2 Å². The summed E-state index contributed by atoms with van der Waals surface area (Å²) in [4.78, 5) is 4.50. The zero-order chi connectivity index (χ0) is 18.5. The van der Waals surface area contributed by atoms with Crippen LogP contribution in [-0.2, 0) is 0 Å². The lowest BCUT2D eigenvalue weighted by Gasteiger charge is -2.15. The summed E-state index contributed by atoms with van der Waals surface area (Å²) >= 11 is 0. The van der Waals surface area contributed by atoms with Crippen molar-refractivity contribution in [3.05, 3.63) is 59.8 Å². The predicted molar refractivity (Wildman–Crippen MR) is 105 cm³/mol. The normalized spacial score (nSPS) is 10.7. The van der Waals surface area contributed by atoms with E-state index < -0.39 is 0 Å². The Kier molecular flexibility index (Phi) is 5.31. The Morgan fingerprint density at radius 1 is 0.962 bits per heavy atom. The number of hydrogen-bond acceptors (Lipinski definition) is 6. The molecule has 1 heterocycles. The van der Waals surface area contributed by atoms with E-state index in [4.69, 9.17) is 4.74 Å². The van der Waals surface area contributed by atoms with Crippen molar-refractivity contribution in [1.29, 1.82) is 0 Å². The number of rotatable bonds is 6. The maximum Gasteiger partial charge on any atom is 0.249 e. The number of nitrogens with one attached hydrogen (secondary N) is 2. The molecule has 0 saturated carbocycles. The fourth-order valence-electron chi connectivity index (χ4n) is 2.47. The third-order valence-electron chi connectivity index (χ3n) is 3.71. The molecular formula is C20H23N5O. The van der Waals surface area contributed by atoms with Crippen LogP contribution in [0.1, 0.15) is 25.0 Å². The number of anilines is 4. The second kappa shape index (κ2) is 7.82.